The summed E-state index contributed by atoms with van der Waals surface area (Å²) in [5.41, 5.74) is 1.76. The summed E-state index contributed by atoms with van der Waals surface area (Å²) in [5.74, 6) is 2.18. The lowest BCUT2D eigenvalue weighted by atomic mass is 10.1. The van der Waals surface area contributed by atoms with Crippen LogP contribution in [0.2, 0.25) is 0 Å². The molecule has 5 heteroatoms. The zero-order valence-electron chi connectivity index (χ0n) is 12.6. The van der Waals surface area contributed by atoms with Crippen LogP contribution in [-0.2, 0) is 17.6 Å². The summed E-state index contributed by atoms with van der Waals surface area (Å²) < 4.78 is 10.7. The number of carbonyl (C=O) groups is 1. The Morgan fingerprint density at radius 3 is 2.76 bits per heavy atom. The Morgan fingerprint density at radius 2 is 2.10 bits per heavy atom. The first-order chi connectivity index (χ1) is 10.1. The summed E-state index contributed by atoms with van der Waals surface area (Å²) in [4.78, 5) is 16.2. The zero-order valence-corrected chi connectivity index (χ0v) is 12.6. The van der Waals surface area contributed by atoms with E-state index in [9.17, 15) is 4.79 Å². The van der Waals surface area contributed by atoms with E-state index in [1.165, 1.54) is 0 Å². The van der Waals surface area contributed by atoms with Gasteiger partial charge >= 0.3 is 0 Å². The molecule has 0 radical (unpaired) electrons. The molecule has 0 saturated carbocycles. The Bertz CT molecular complexity index is 620. The van der Waals surface area contributed by atoms with Gasteiger partial charge in [0.25, 0.3) is 0 Å². The van der Waals surface area contributed by atoms with Gasteiger partial charge in [0, 0.05) is 25.5 Å². The van der Waals surface area contributed by atoms with Gasteiger partial charge in [0.05, 0.1) is 19.2 Å². The third-order valence-corrected chi connectivity index (χ3v) is 3.22. The number of benzene rings is 1. The van der Waals surface area contributed by atoms with Gasteiger partial charge in [0.1, 0.15) is 11.5 Å². The average Bonchev–Trinajstić information content (AvgIpc) is 2.77. The van der Waals surface area contributed by atoms with E-state index in [4.69, 9.17) is 9.15 Å². The van der Waals surface area contributed by atoms with Crippen molar-refractivity contribution < 1.29 is 13.9 Å². The summed E-state index contributed by atoms with van der Waals surface area (Å²) in [7, 11) is 1.60. The number of aryl methyl sites for hydroxylation is 2. The van der Waals surface area contributed by atoms with Crippen molar-refractivity contribution in [3.63, 3.8) is 0 Å². The Balaban J connectivity index is 1.84. The minimum absolute atomic E-state index is 0.0339. The average molecular weight is 288 g/mol. The van der Waals surface area contributed by atoms with Gasteiger partial charge in [-0.25, -0.2) is 4.98 Å². The van der Waals surface area contributed by atoms with Gasteiger partial charge in [-0.15, -0.1) is 0 Å². The van der Waals surface area contributed by atoms with E-state index in [2.05, 4.69) is 10.3 Å². The first-order valence-electron chi connectivity index (χ1n) is 6.91. The van der Waals surface area contributed by atoms with Crippen molar-refractivity contribution in [2.45, 2.75) is 26.7 Å². The molecule has 0 spiro atoms. The fourth-order valence-corrected chi connectivity index (χ4v) is 2.21. The third kappa shape index (κ3) is 4.08. The molecule has 21 heavy (non-hydrogen) atoms. The lowest BCUT2D eigenvalue weighted by molar-refractivity contribution is -0.120. The van der Waals surface area contributed by atoms with Crippen LogP contribution in [0.1, 0.15) is 22.9 Å². The van der Waals surface area contributed by atoms with Crippen molar-refractivity contribution in [2.24, 2.45) is 0 Å². The van der Waals surface area contributed by atoms with Crippen LogP contribution < -0.4 is 10.1 Å². The number of amides is 1. The number of carbonyl (C=O) groups excluding carboxylic acids is 1. The van der Waals surface area contributed by atoms with Crippen molar-refractivity contribution in [1.29, 1.82) is 0 Å². The maximum atomic E-state index is 11.9. The Labute approximate surface area is 124 Å². The molecule has 0 bridgehead atoms. The maximum Gasteiger partial charge on any atom is 0.224 e. The largest absolute Gasteiger partial charge is 0.496 e. The number of hydrogen-bond donors (Lipinski definition) is 1. The molecule has 0 atom stereocenters. The standard InChI is InChI=1S/C16H20N2O3/c1-11-14(21-12(2)18-11)8-9-17-16(19)10-13-6-4-5-7-15(13)20-3/h4-7H,8-10H2,1-3H3,(H,17,19). The first-order valence-corrected chi connectivity index (χ1v) is 6.91. The highest BCUT2D eigenvalue weighted by Crippen LogP contribution is 2.17. The Morgan fingerprint density at radius 1 is 1.33 bits per heavy atom. The monoisotopic (exact) mass is 288 g/mol. The second kappa shape index (κ2) is 6.92. The second-order valence-corrected chi connectivity index (χ2v) is 4.83. The van der Waals surface area contributed by atoms with Crippen LogP contribution in [0.25, 0.3) is 0 Å². The molecule has 5 nitrogen and oxygen atoms in total. The van der Waals surface area contributed by atoms with Crippen LogP contribution >= 0.6 is 0 Å². The zero-order chi connectivity index (χ0) is 15.2. The fourth-order valence-electron chi connectivity index (χ4n) is 2.21. The normalized spacial score (nSPS) is 10.4. The number of nitrogens with zero attached hydrogens (tertiary/aromatic N) is 1. The molecule has 0 fully saturated rings. The molecule has 2 aromatic rings. The lowest BCUT2D eigenvalue weighted by Crippen LogP contribution is -2.27. The van der Waals surface area contributed by atoms with E-state index in [1.807, 2.05) is 38.1 Å². The summed E-state index contributed by atoms with van der Waals surface area (Å²) in [6.07, 6.45) is 0.947. The second-order valence-electron chi connectivity index (χ2n) is 4.83. The van der Waals surface area contributed by atoms with Crippen LogP contribution in [0.4, 0.5) is 0 Å². The molecule has 112 valence electrons. The molecule has 2 rings (SSSR count). The molecule has 1 heterocycles. The highest BCUT2D eigenvalue weighted by Gasteiger charge is 2.10. The molecule has 0 aliphatic carbocycles. The van der Waals surface area contributed by atoms with Gasteiger partial charge in [-0.05, 0) is 13.0 Å². The molecule has 0 unspecified atom stereocenters. The van der Waals surface area contributed by atoms with E-state index in [1.54, 1.807) is 7.11 Å². The van der Waals surface area contributed by atoms with Gasteiger partial charge in [-0.2, -0.15) is 0 Å². The molecular formula is C16H20N2O3. The van der Waals surface area contributed by atoms with Crippen molar-refractivity contribution in [3.8, 4) is 5.75 Å². The molecule has 0 aliphatic heterocycles. The third-order valence-electron chi connectivity index (χ3n) is 3.22. The number of hydrogen-bond acceptors (Lipinski definition) is 4. The van der Waals surface area contributed by atoms with E-state index in [0.717, 1.165) is 22.8 Å². The summed E-state index contributed by atoms with van der Waals surface area (Å²) in [6, 6.07) is 7.52. The quantitative estimate of drug-likeness (QED) is 0.885. The van der Waals surface area contributed by atoms with Crippen LogP contribution in [0.15, 0.2) is 28.7 Å². The number of methoxy groups -OCH3 is 1. The highest BCUT2D eigenvalue weighted by atomic mass is 16.5. The van der Waals surface area contributed by atoms with E-state index in [0.29, 0.717) is 25.3 Å². The minimum atomic E-state index is -0.0339. The maximum absolute atomic E-state index is 11.9. The number of aromatic nitrogens is 1. The topological polar surface area (TPSA) is 64.4 Å². The number of oxazole rings is 1. The number of rotatable bonds is 6. The van der Waals surface area contributed by atoms with Gasteiger partial charge in [-0.1, -0.05) is 18.2 Å². The predicted molar refractivity (Wildman–Crippen MR) is 79.4 cm³/mol. The van der Waals surface area contributed by atoms with Gasteiger partial charge in [0.2, 0.25) is 5.91 Å². The Hall–Kier alpha value is -2.30. The van der Waals surface area contributed by atoms with E-state index in [-0.39, 0.29) is 5.91 Å². The van der Waals surface area contributed by atoms with Gasteiger partial charge in [-0.3, -0.25) is 4.79 Å². The Kier molecular flexibility index (Phi) is 4.98. The molecule has 0 aliphatic rings. The molecule has 1 N–H and O–H groups in total. The predicted octanol–water partition coefficient (Wildman–Crippen LogP) is 2.20. The van der Waals surface area contributed by atoms with E-state index < -0.39 is 0 Å². The van der Waals surface area contributed by atoms with Crippen molar-refractivity contribution in [1.82, 2.24) is 10.3 Å². The van der Waals surface area contributed by atoms with Crippen LogP contribution in [0, 0.1) is 13.8 Å². The molecule has 1 aromatic carbocycles. The number of nitrogens with one attached hydrogen (secondary N) is 1. The fraction of sp³-hybridized carbons (Fsp3) is 0.375. The minimum Gasteiger partial charge on any atom is -0.496 e. The van der Waals surface area contributed by atoms with Crippen molar-refractivity contribution in [3.05, 3.63) is 47.2 Å². The smallest absolute Gasteiger partial charge is 0.224 e. The van der Waals surface area contributed by atoms with Crippen LogP contribution in [0.3, 0.4) is 0 Å². The molecule has 1 aromatic heterocycles. The molecule has 1 amide bonds. The molecule has 0 saturated heterocycles. The van der Waals surface area contributed by atoms with Crippen LogP contribution in [-0.4, -0.2) is 24.5 Å². The highest BCUT2D eigenvalue weighted by molar-refractivity contribution is 5.79. The van der Waals surface area contributed by atoms with Crippen molar-refractivity contribution >= 4 is 5.91 Å². The summed E-state index contributed by atoms with van der Waals surface area (Å²) in [6.45, 7) is 4.25. The first kappa shape index (κ1) is 15.1. The number of para-hydroxylation sites is 1. The summed E-state index contributed by atoms with van der Waals surface area (Å²) in [5, 5.41) is 2.89. The van der Waals surface area contributed by atoms with Gasteiger partial charge < -0.3 is 14.5 Å². The molecular weight excluding hydrogens is 268 g/mol. The van der Waals surface area contributed by atoms with Crippen molar-refractivity contribution in [2.75, 3.05) is 13.7 Å². The van der Waals surface area contributed by atoms with E-state index >= 15 is 0 Å². The summed E-state index contributed by atoms with van der Waals surface area (Å²) >= 11 is 0. The SMILES string of the molecule is COc1ccccc1CC(=O)NCCc1oc(C)nc1C. The number of ether oxygens (including phenoxy) is 1. The van der Waals surface area contributed by atoms with Crippen LogP contribution in [0.5, 0.6) is 5.75 Å². The van der Waals surface area contributed by atoms with Gasteiger partial charge in [0.15, 0.2) is 5.89 Å². The lowest BCUT2D eigenvalue weighted by Gasteiger charge is -2.08.